The first-order chi connectivity index (χ1) is 9.11. The van der Waals surface area contributed by atoms with Gasteiger partial charge in [0.25, 0.3) is 0 Å². The Bertz CT molecular complexity index is 578. The Balaban J connectivity index is 2.24. The van der Waals surface area contributed by atoms with Crippen molar-refractivity contribution in [3.05, 3.63) is 46.3 Å². The molecule has 0 bridgehead atoms. The number of rotatable bonds is 4. The third-order valence-corrected chi connectivity index (χ3v) is 3.17. The van der Waals surface area contributed by atoms with Crippen LogP contribution in [0.25, 0.3) is 0 Å². The van der Waals surface area contributed by atoms with Crippen molar-refractivity contribution in [2.45, 2.75) is 13.0 Å². The lowest BCUT2D eigenvalue weighted by molar-refractivity contribution is 0.412. The molecule has 6 heteroatoms. The fourth-order valence-electron chi connectivity index (χ4n) is 1.70. The molecule has 1 N–H and O–H groups in total. The number of anilines is 1. The van der Waals surface area contributed by atoms with Crippen LogP contribution in [0.1, 0.15) is 18.5 Å². The normalized spacial score (nSPS) is 12.0. The van der Waals surface area contributed by atoms with Crippen molar-refractivity contribution in [2.24, 2.45) is 0 Å². The molecule has 0 spiro atoms. The van der Waals surface area contributed by atoms with Gasteiger partial charge in [0.05, 0.1) is 13.2 Å². The predicted molar refractivity (Wildman–Crippen MR) is 77.1 cm³/mol. The zero-order valence-electron chi connectivity index (χ0n) is 10.5. The van der Waals surface area contributed by atoms with Gasteiger partial charge in [-0.3, -0.25) is 0 Å². The minimum atomic E-state index is 0.0126. The van der Waals surface area contributed by atoms with Gasteiger partial charge < -0.3 is 10.1 Å². The quantitative estimate of drug-likeness (QED) is 0.868. The molecule has 0 aliphatic carbocycles. The first kappa shape index (κ1) is 13.9. The second kappa shape index (κ2) is 6.08. The van der Waals surface area contributed by atoms with E-state index in [1.54, 1.807) is 0 Å². The van der Waals surface area contributed by atoms with E-state index < -0.39 is 0 Å². The molecule has 2 rings (SSSR count). The Morgan fingerprint density at radius 3 is 2.74 bits per heavy atom. The summed E-state index contributed by atoms with van der Waals surface area (Å²) < 4.78 is 5.19. The van der Waals surface area contributed by atoms with Gasteiger partial charge in [-0.1, -0.05) is 35.3 Å². The predicted octanol–water partition coefficient (Wildman–Crippen LogP) is 3.97. The first-order valence-corrected chi connectivity index (χ1v) is 6.44. The third-order valence-electron chi connectivity index (χ3n) is 2.67. The van der Waals surface area contributed by atoms with Gasteiger partial charge in [0.2, 0.25) is 0 Å². The third kappa shape index (κ3) is 3.28. The smallest absolute Gasteiger partial charge is 0.198 e. The highest BCUT2D eigenvalue weighted by Gasteiger charge is 2.13. The maximum Gasteiger partial charge on any atom is 0.198 e. The zero-order valence-corrected chi connectivity index (χ0v) is 12.0. The number of aromatic nitrogens is 2. The van der Waals surface area contributed by atoms with Crippen molar-refractivity contribution in [1.82, 2.24) is 9.97 Å². The molecule has 0 aliphatic rings. The lowest BCUT2D eigenvalue weighted by atomic mass is 10.1. The van der Waals surface area contributed by atoms with Crippen molar-refractivity contribution >= 4 is 29.0 Å². The van der Waals surface area contributed by atoms with Crippen molar-refractivity contribution in [3.63, 3.8) is 0 Å². The summed E-state index contributed by atoms with van der Waals surface area (Å²) in [4.78, 5) is 8.01. The van der Waals surface area contributed by atoms with Gasteiger partial charge in [-0.25, -0.2) is 9.97 Å². The fraction of sp³-hybridized carbons (Fsp3) is 0.231. The Morgan fingerprint density at radius 1 is 1.26 bits per heavy atom. The van der Waals surface area contributed by atoms with Crippen molar-refractivity contribution < 1.29 is 4.74 Å². The van der Waals surface area contributed by atoms with E-state index in [1.807, 2.05) is 31.2 Å². The molecule has 0 fully saturated rings. The summed E-state index contributed by atoms with van der Waals surface area (Å²) in [6.07, 6.45) is 1.39. The van der Waals surface area contributed by atoms with Crippen LogP contribution >= 0.6 is 23.2 Å². The number of benzene rings is 1. The van der Waals surface area contributed by atoms with Gasteiger partial charge in [-0.05, 0) is 24.6 Å². The average molecular weight is 298 g/mol. The minimum absolute atomic E-state index is 0.0126. The van der Waals surface area contributed by atoms with Crippen molar-refractivity contribution in [1.29, 1.82) is 0 Å². The lowest BCUT2D eigenvalue weighted by Crippen LogP contribution is -2.09. The standard InChI is InChI=1S/C13H13Cl2N3O/c1-8(9-4-3-5-10(14)6-9)18-13-11(19-2)12(15)16-7-17-13/h3-8H,1-2H3,(H,16,17,18). The molecule has 0 aliphatic heterocycles. The van der Waals surface area contributed by atoms with E-state index in [4.69, 9.17) is 27.9 Å². The van der Waals surface area contributed by atoms with E-state index in [-0.39, 0.29) is 11.2 Å². The number of methoxy groups -OCH3 is 1. The number of halogens is 2. The van der Waals surface area contributed by atoms with Gasteiger partial charge in [0.15, 0.2) is 16.7 Å². The van der Waals surface area contributed by atoms with E-state index in [0.29, 0.717) is 16.6 Å². The molecule has 0 amide bonds. The highest BCUT2D eigenvalue weighted by Crippen LogP contribution is 2.31. The summed E-state index contributed by atoms with van der Waals surface area (Å²) in [5, 5.41) is 4.20. The van der Waals surface area contributed by atoms with Gasteiger partial charge in [-0.2, -0.15) is 0 Å². The molecule has 2 aromatic rings. The molecule has 0 saturated carbocycles. The van der Waals surface area contributed by atoms with E-state index in [0.717, 1.165) is 5.56 Å². The van der Waals surface area contributed by atoms with Crippen LogP contribution in [-0.2, 0) is 0 Å². The molecule has 1 atom stereocenters. The van der Waals surface area contributed by atoms with E-state index in [2.05, 4.69) is 15.3 Å². The topological polar surface area (TPSA) is 47.0 Å². The van der Waals surface area contributed by atoms with Crippen LogP contribution < -0.4 is 10.1 Å². The Hall–Kier alpha value is -1.52. The highest BCUT2D eigenvalue weighted by molar-refractivity contribution is 6.31. The van der Waals surface area contributed by atoms with E-state index in [1.165, 1.54) is 13.4 Å². The van der Waals surface area contributed by atoms with Gasteiger partial charge in [0.1, 0.15) is 6.33 Å². The van der Waals surface area contributed by atoms with Crippen LogP contribution in [0.3, 0.4) is 0 Å². The first-order valence-electron chi connectivity index (χ1n) is 5.68. The van der Waals surface area contributed by atoms with Crippen LogP contribution in [0.15, 0.2) is 30.6 Å². The highest BCUT2D eigenvalue weighted by atomic mass is 35.5. The van der Waals surface area contributed by atoms with Gasteiger partial charge in [0, 0.05) is 5.02 Å². The van der Waals surface area contributed by atoms with Crippen LogP contribution in [0.2, 0.25) is 10.2 Å². The van der Waals surface area contributed by atoms with Crippen molar-refractivity contribution in [2.75, 3.05) is 12.4 Å². The molecule has 19 heavy (non-hydrogen) atoms. The van der Waals surface area contributed by atoms with E-state index >= 15 is 0 Å². The summed E-state index contributed by atoms with van der Waals surface area (Å²) in [5.74, 6) is 0.980. The summed E-state index contributed by atoms with van der Waals surface area (Å²) in [7, 11) is 1.53. The molecule has 1 aromatic heterocycles. The summed E-state index contributed by atoms with van der Waals surface area (Å²) >= 11 is 11.9. The van der Waals surface area contributed by atoms with Gasteiger partial charge >= 0.3 is 0 Å². The van der Waals surface area contributed by atoms with Crippen LogP contribution in [0.4, 0.5) is 5.82 Å². The number of nitrogens with zero attached hydrogens (tertiary/aromatic N) is 2. The minimum Gasteiger partial charge on any atom is -0.490 e. The molecular formula is C13H13Cl2N3O. The monoisotopic (exact) mass is 297 g/mol. The number of ether oxygens (including phenoxy) is 1. The molecule has 1 heterocycles. The molecule has 100 valence electrons. The molecule has 0 saturated heterocycles. The van der Waals surface area contributed by atoms with Crippen molar-refractivity contribution in [3.8, 4) is 5.75 Å². The average Bonchev–Trinajstić information content (AvgIpc) is 2.39. The summed E-state index contributed by atoms with van der Waals surface area (Å²) in [6.45, 7) is 2.00. The number of hydrogen-bond acceptors (Lipinski definition) is 4. The molecule has 1 aromatic carbocycles. The maximum absolute atomic E-state index is 5.98. The van der Waals surface area contributed by atoms with Crippen LogP contribution in [0.5, 0.6) is 5.75 Å². The second-order valence-corrected chi connectivity index (χ2v) is 4.76. The fourth-order valence-corrected chi connectivity index (χ4v) is 2.11. The van der Waals surface area contributed by atoms with Gasteiger partial charge in [-0.15, -0.1) is 0 Å². The Labute approximate surface area is 121 Å². The zero-order chi connectivity index (χ0) is 13.8. The number of hydrogen-bond donors (Lipinski definition) is 1. The lowest BCUT2D eigenvalue weighted by Gasteiger charge is -2.17. The number of nitrogens with one attached hydrogen (secondary N) is 1. The molecule has 1 unspecified atom stereocenters. The second-order valence-electron chi connectivity index (χ2n) is 3.97. The maximum atomic E-state index is 5.98. The Morgan fingerprint density at radius 2 is 2.05 bits per heavy atom. The largest absolute Gasteiger partial charge is 0.490 e. The summed E-state index contributed by atoms with van der Waals surface area (Å²) in [6, 6.07) is 7.63. The molecule has 4 nitrogen and oxygen atoms in total. The van der Waals surface area contributed by atoms with E-state index in [9.17, 15) is 0 Å². The Kier molecular flexibility index (Phi) is 4.45. The summed E-state index contributed by atoms with van der Waals surface area (Å²) in [5.41, 5.74) is 1.05. The van der Waals surface area contributed by atoms with Crippen LogP contribution in [0, 0.1) is 0 Å². The molecular weight excluding hydrogens is 285 g/mol. The molecule has 0 radical (unpaired) electrons. The SMILES string of the molecule is COc1c(Cl)ncnc1NC(C)c1cccc(Cl)c1. The van der Waals surface area contributed by atoms with Crippen LogP contribution in [-0.4, -0.2) is 17.1 Å².